The van der Waals surface area contributed by atoms with Gasteiger partial charge in [-0.2, -0.15) is 4.98 Å². The van der Waals surface area contributed by atoms with E-state index in [1.807, 2.05) is 66.5 Å². The van der Waals surface area contributed by atoms with Gasteiger partial charge in [-0.3, -0.25) is 14.9 Å². The van der Waals surface area contributed by atoms with Crippen LogP contribution in [0.25, 0.3) is 0 Å². The molecule has 1 saturated heterocycles. The average molecular weight is 451 g/mol. The van der Waals surface area contributed by atoms with E-state index in [4.69, 9.17) is 9.47 Å². The van der Waals surface area contributed by atoms with Gasteiger partial charge in [-0.1, -0.05) is 42.1 Å². The fraction of sp³-hybridized carbons (Fsp3) is 0.217. The molecule has 0 bridgehead atoms. The number of hydrogen-bond acceptors (Lipinski definition) is 8. The highest BCUT2D eigenvalue weighted by Gasteiger charge is 2.31. The first kappa shape index (κ1) is 21.6. The number of anilines is 1. The second kappa shape index (κ2) is 10.1. The molecule has 164 valence electrons. The molecule has 2 aromatic carbocycles. The summed E-state index contributed by atoms with van der Waals surface area (Å²) in [7, 11) is 1.89. The zero-order chi connectivity index (χ0) is 22.3. The molecule has 3 aromatic rings. The molecule has 0 radical (unpaired) electrons. The Balaban J connectivity index is 1.26. The van der Waals surface area contributed by atoms with E-state index in [-0.39, 0.29) is 16.4 Å². The van der Waals surface area contributed by atoms with Gasteiger partial charge in [0.1, 0.15) is 18.1 Å². The van der Waals surface area contributed by atoms with Crippen molar-refractivity contribution in [1.82, 2.24) is 15.3 Å². The molecule has 1 atom stereocenters. The molecule has 1 unspecified atom stereocenters. The lowest BCUT2D eigenvalue weighted by Crippen LogP contribution is -2.25. The molecule has 2 heterocycles. The van der Waals surface area contributed by atoms with Gasteiger partial charge in [-0.15, -0.1) is 0 Å². The number of imide groups is 1. The van der Waals surface area contributed by atoms with Crippen molar-refractivity contribution in [2.24, 2.45) is 0 Å². The van der Waals surface area contributed by atoms with Crippen LogP contribution in [0.2, 0.25) is 0 Å². The average Bonchev–Trinajstić information content (AvgIpc) is 3.12. The first-order valence-electron chi connectivity index (χ1n) is 10.1. The fourth-order valence-corrected chi connectivity index (χ4v) is 3.91. The second-order valence-electron chi connectivity index (χ2n) is 7.11. The quantitative estimate of drug-likeness (QED) is 0.528. The van der Waals surface area contributed by atoms with Gasteiger partial charge in [-0.05, 0) is 36.2 Å². The first-order valence-corrected chi connectivity index (χ1v) is 10.9. The predicted octanol–water partition coefficient (Wildman–Crippen LogP) is 3.68. The van der Waals surface area contributed by atoms with E-state index in [0.29, 0.717) is 37.2 Å². The summed E-state index contributed by atoms with van der Waals surface area (Å²) in [5.74, 6) is 2.22. The van der Waals surface area contributed by atoms with E-state index in [0.717, 1.165) is 23.1 Å². The van der Waals surface area contributed by atoms with Crippen molar-refractivity contribution < 1.29 is 19.1 Å². The lowest BCUT2D eigenvalue weighted by molar-refractivity contribution is -0.118. The number of thioether (sulfide) groups is 1. The summed E-state index contributed by atoms with van der Waals surface area (Å²) >= 11 is 1.03. The molecule has 1 fully saturated rings. The molecule has 1 N–H and O–H groups in total. The number of benzene rings is 2. The molecule has 0 aliphatic carbocycles. The van der Waals surface area contributed by atoms with Crippen LogP contribution >= 0.6 is 11.8 Å². The van der Waals surface area contributed by atoms with Crippen LogP contribution in [0, 0.1) is 0 Å². The van der Waals surface area contributed by atoms with Crippen LogP contribution in [-0.4, -0.2) is 46.6 Å². The molecule has 8 nitrogen and oxygen atoms in total. The number of rotatable bonds is 9. The number of amides is 2. The van der Waals surface area contributed by atoms with Crippen molar-refractivity contribution >= 4 is 28.9 Å². The number of para-hydroxylation sites is 1. The molecule has 1 aliphatic rings. The summed E-state index contributed by atoms with van der Waals surface area (Å²) < 4.78 is 11.6. The zero-order valence-electron chi connectivity index (χ0n) is 17.4. The number of aromatic nitrogens is 2. The summed E-state index contributed by atoms with van der Waals surface area (Å²) in [6.45, 7) is 1.02. The number of nitrogens with zero attached hydrogens (tertiary/aromatic N) is 3. The van der Waals surface area contributed by atoms with Gasteiger partial charge >= 0.3 is 0 Å². The maximum absolute atomic E-state index is 11.7. The van der Waals surface area contributed by atoms with Gasteiger partial charge in [0.15, 0.2) is 0 Å². The Kier molecular flexibility index (Phi) is 6.86. The van der Waals surface area contributed by atoms with E-state index in [1.165, 1.54) is 0 Å². The standard InChI is InChI=1S/C23H22N4O4S/c1-27(22-24-12-11-20(25-22)31-18-5-3-2-4-6-18)13-14-30-17-9-7-16(8-10-17)15-19-21(28)26-23(29)32-19/h2-12,19H,13-15H2,1H3,(H,26,28,29). The van der Waals surface area contributed by atoms with Crippen molar-refractivity contribution in [3.05, 3.63) is 72.4 Å². The summed E-state index contributed by atoms with van der Waals surface area (Å²) in [4.78, 5) is 33.6. The van der Waals surface area contributed by atoms with Crippen LogP contribution in [0.15, 0.2) is 66.9 Å². The summed E-state index contributed by atoms with van der Waals surface area (Å²) in [5.41, 5.74) is 0.973. The molecule has 32 heavy (non-hydrogen) atoms. The van der Waals surface area contributed by atoms with Crippen LogP contribution in [0.3, 0.4) is 0 Å². The lowest BCUT2D eigenvalue weighted by atomic mass is 10.1. The minimum Gasteiger partial charge on any atom is -0.492 e. The normalized spacial score (nSPS) is 15.3. The number of nitrogens with one attached hydrogen (secondary N) is 1. The Labute approximate surface area is 190 Å². The fourth-order valence-electron chi connectivity index (χ4n) is 3.05. The predicted molar refractivity (Wildman–Crippen MR) is 122 cm³/mol. The molecular formula is C23H22N4O4S. The highest BCUT2D eigenvalue weighted by atomic mass is 32.2. The van der Waals surface area contributed by atoms with Gasteiger partial charge in [0, 0.05) is 19.3 Å². The maximum atomic E-state index is 11.7. The topological polar surface area (TPSA) is 93.7 Å². The van der Waals surface area contributed by atoms with Gasteiger partial charge < -0.3 is 14.4 Å². The monoisotopic (exact) mass is 450 g/mol. The molecule has 0 spiro atoms. The number of carbonyl (C=O) groups is 2. The Morgan fingerprint density at radius 2 is 1.81 bits per heavy atom. The minimum atomic E-state index is -0.371. The van der Waals surface area contributed by atoms with Crippen LogP contribution < -0.4 is 19.7 Å². The van der Waals surface area contributed by atoms with Gasteiger partial charge in [0.2, 0.25) is 17.7 Å². The third-order valence-electron chi connectivity index (χ3n) is 4.73. The van der Waals surface area contributed by atoms with E-state index < -0.39 is 0 Å². The Morgan fingerprint density at radius 1 is 1.03 bits per heavy atom. The molecule has 4 rings (SSSR count). The number of hydrogen-bond donors (Lipinski definition) is 1. The smallest absolute Gasteiger partial charge is 0.286 e. The number of likely N-dealkylation sites (N-methyl/N-ethyl adjacent to an activating group) is 1. The third kappa shape index (κ3) is 5.76. The minimum absolute atomic E-state index is 0.233. The molecule has 2 amide bonds. The molecule has 9 heteroatoms. The zero-order valence-corrected chi connectivity index (χ0v) is 18.2. The van der Waals surface area contributed by atoms with Crippen molar-refractivity contribution in [2.45, 2.75) is 11.7 Å². The molecule has 1 aromatic heterocycles. The summed E-state index contributed by atoms with van der Waals surface area (Å²) in [6.07, 6.45) is 2.16. The van der Waals surface area contributed by atoms with Crippen molar-refractivity contribution in [3.8, 4) is 17.4 Å². The Morgan fingerprint density at radius 3 is 2.53 bits per heavy atom. The van der Waals surface area contributed by atoms with E-state index in [2.05, 4.69) is 15.3 Å². The van der Waals surface area contributed by atoms with Crippen LogP contribution in [0.4, 0.5) is 10.7 Å². The number of ether oxygens (including phenoxy) is 2. The van der Waals surface area contributed by atoms with E-state index >= 15 is 0 Å². The van der Waals surface area contributed by atoms with E-state index in [9.17, 15) is 9.59 Å². The van der Waals surface area contributed by atoms with Crippen LogP contribution in [0.1, 0.15) is 5.56 Å². The van der Waals surface area contributed by atoms with Crippen LogP contribution in [0.5, 0.6) is 17.4 Å². The van der Waals surface area contributed by atoms with Gasteiger partial charge in [0.25, 0.3) is 5.24 Å². The number of carbonyl (C=O) groups excluding carboxylic acids is 2. The van der Waals surface area contributed by atoms with Crippen LogP contribution in [-0.2, 0) is 11.2 Å². The lowest BCUT2D eigenvalue weighted by Gasteiger charge is -2.18. The Bertz CT molecular complexity index is 1080. The summed E-state index contributed by atoms with van der Waals surface area (Å²) in [6, 6.07) is 18.7. The van der Waals surface area contributed by atoms with Crippen molar-refractivity contribution in [3.63, 3.8) is 0 Å². The highest BCUT2D eigenvalue weighted by molar-refractivity contribution is 8.15. The first-order chi connectivity index (χ1) is 15.6. The van der Waals surface area contributed by atoms with Crippen molar-refractivity contribution in [1.29, 1.82) is 0 Å². The SMILES string of the molecule is CN(CCOc1ccc(CC2SC(=O)NC2=O)cc1)c1nccc(Oc2ccccc2)n1. The van der Waals surface area contributed by atoms with Gasteiger partial charge in [0.05, 0.1) is 11.8 Å². The van der Waals surface area contributed by atoms with E-state index in [1.54, 1.807) is 12.3 Å². The summed E-state index contributed by atoms with van der Waals surface area (Å²) in [5, 5.41) is 1.65. The second-order valence-corrected chi connectivity index (χ2v) is 8.29. The molecule has 1 aliphatic heterocycles. The largest absolute Gasteiger partial charge is 0.492 e. The molecule has 0 saturated carbocycles. The van der Waals surface area contributed by atoms with Crippen molar-refractivity contribution in [2.75, 3.05) is 25.1 Å². The molecular weight excluding hydrogens is 428 g/mol. The highest BCUT2D eigenvalue weighted by Crippen LogP contribution is 2.24. The Hall–Kier alpha value is -3.59. The maximum Gasteiger partial charge on any atom is 0.286 e. The van der Waals surface area contributed by atoms with Gasteiger partial charge in [-0.25, -0.2) is 4.98 Å². The third-order valence-corrected chi connectivity index (χ3v) is 5.71.